The van der Waals surface area contributed by atoms with Gasteiger partial charge in [-0.3, -0.25) is 9.59 Å². The number of hydrogen-bond acceptors (Lipinski definition) is 4. The summed E-state index contributed by atoms with van der Waals surface area (Å²) in [5.74, 6) is 2.51. The molecule has 0 radical (unpaired) electrons. The number of imidazole rings is 1. The first kappa shape index (κ1) is 16.4. The summed E-state index contributed by atoms with van der Waals surface area (Å²) in [4.78, 5) is 32.6. The van der Waals surface area contributed by atoms with Crippen LogP contribution in [0.1, 0.15) is 38.6 Å². The molecule has 2 amide bonds. The van der Waals surface area contributed by atoms with Gasteiger partial charge in [0, 0.05) is 44.6 Å². The van der Waals surface area contributed by atoms with E-state index in [-0.39, 0.29) is 17.9 Å². The molecule has 2 saturated heterocycles. The molecule has 2 fully saturated rings. The zero-order valence-corrected chi connectivity index (χ0v) is 14.6. The van der Waals surface area contributed by atoms with E-state index in [1.807, 2.05) is 17.3 Å². The largest absolute Gasteiger partial charge is 0.339 e. The third kappa shape index (κ3) is 3.24. The molecule has 3 heterocycles. The van der Waals surface area contributed by atoms with Crippen LogP contribution in [0, 0.1) is 0 Å². The molecule has 2 aliphatic heterocycles. The summed E-state index contributed by atoms with van der Waals surface area (Å²) in [6, 6.07) is 0.00895. The third-order valence-corrected chi connectivity index (χ3v) is 5.75. The molecule has 0 bridgehead atoms. The molecule has 2 unspecified atom stereocenters. The van der Waals surface area contributed by atoms with Crippen LogP contribution in [0.5, 0.6) is 0 Å². The number of amides is 2. The monoisotopic (exact) mass is 336 g/mol. The molecular weight excluding hydrogens is 312 g/mol. The Kier molecular flexibility index (Phi) is 4.94. The summed E-state index contributed by atoms with van der Waals surface area (Å²) in [5.41, 5.74) is 0. The van der Waals surface area contributed by atoms with Crippen molar-refractivity contribution < 1.29 is 9.59 Å². The molecule has 0 aromatic carbocycles. The molecule has 0 spiro atoms. The van der Waals surface area contributed by atoms with Gasteiger partial charge in [0.1, 0.15) is 11.9 Å². The molecule has 126 valence electrons. The molecule has 6 nitrogen and oxygen atoms in total. The Morgan fingerprint density at radius 1 is 1.43 bits per heavy atom. The number of likely N-dealkylation sites (tertiary alicyclic amines) is 1. The van der Waals surface area contributed by atoms with Crippen molar-refractivity contribution in [3.05, 3.63) is 18.2 Å². The van der Waals surface area contributed by atoms with Crippen LogP contribution in [0.3, 0.4) is 0 Å². The van der Waals surface area contributed by atoms with Crippen molar-refractivity contribution in [2.45, 2.75) is 45.2 Å². The number of thioether (sulfide) groups is 1. The maximum atomic E-state index is 12.9. The van der Waals surface area contributed by atoms with Gasteiger partial charge in [-0.15, -0.1) is 11.8 Å². The molecule has 7 heteroatoms. The predicted molar refractivity (Wildman–Crippen MR) is 90.1 cm³/mol. The van der Waals surface area contributed by atoms with E-state index >= 15 is 0 Å². The Hall–Kier alpha value is -1.50. The van der Waals surface area contributed by atoms with Crippen LogP contribution in [-0.4, -0.2) is 61.9 Å². The smallest absolute Gasteiger partial charge is 0.246 e. The number of aromatic nitrogens is 2. The molecule has 23 heavy (non-hydrogen) atoms. The lowest BCUT2D eigenvalue weighted by Crippen LogP contribution is -2.51. The van der Waals surface area contributed by atoms with Gasteiger partial charge in [-0.05, 0) is 12.8 Å². The zero-order valence-electron chi connectivity index (χ0n) is 13.8. The van der Waals surface area contributed by atoms with Gasteiger partial charge in [-0.25, -0.2) is 4.98 Å². The van der Waals surface area contributed by atoms with Crippen LogP contribution in [0.15, 0.2) is 12.4 Å². The van der Waals surface area contributed by atoms with Crippen molar-refractivity contribution in [3.8, 4) is 0 Å². The topological polar surface area (TPSA) is 58.4 Å². The van der Waals surface area contributed by atoms with Gasteiger partial charge in [0.2, 0.25) is 11.8 Å². The molecule has 0 aliphatic carbocycles. The number of nitrogens with zero attached hydrogens (tertiary/aromatic N) is 4. The first-order valence-corrected chi connectivity index (χ1v) is 9.42. The van der Waals surface area contributed by atoms with Crippen LogP contribution < -0.4 is 0 Å². The van der Waals surface area contributed by atoms with Gasteiger partial charge in [0.05, 0.1) is 11.9 Å². The van der Waals surface area contributed by atoms with Crippen molar-refractivity contribution in [1.82, 2.24) is 19.4 Å². The minimum atomic E-state index is -0.287. The lowest BCUT2D eigenvalue weighted by atomic mass is 10.0. The van der Waals surface area contributed by atoms with E-state index in [0.29, 0.717) is 17.7 Å². The van der Waals surface area contributed by atoms with Gasteiger partial charge < -0.3 is 14.4 Å². The fraction of sp³-hybridized carbons (Fsp3) is 0.688. The molecule has 0 saturated carbocycles. The lowest BCUT2D eigenvalue weighted by molar-refractivity contribution is -0.143. The number of rotatable bonds is 3. The predicted octanol–water partition coefficient (Wildman–Crippen LogP) is 1.53. The highest BCUT2D eigenvalue weighted by molar-refractivity contribution is 7.99. The van der Waals surface area contributed by atoms with Gasteiger partial charge in [-0.2, -0.15) is 0 Å². The van der Waals surface area contributed by atoms with E-state index in [1.165, 1.54) is 0 Å². The highest BCUT2D eigenvalue weighted by Crippen LogP contribution is 2.27. The van der Waals surface area contributed by atoms with Crippen molar-refractivity contribution in [1.29, 1.82) is 0 Å². The standard InChI is InChI=1S/C16H24N4O2S/c1-3-15-17-6-8-19(15)13-5-4-7-18(9-13)16(22)14-10-23-11-20(14)12(2)21/h6,8,13-14H,3-5,7,9-11H2,1-2H3. The minimum absolute atomic E-state index is 0.00946. The minimum Gasteiger partial charge on any atom is -0.339 e. The van der Waals surface area contributed by atoms with E-state index < -0.39 is 0 Å². The van der Waals surface area contributed by atoms with E-state index in [9.17, 15) is 9.59 Å². The molecule has 2 aliphatic rings. The second-order valence-electron chi connectivity index (χ2n) is 6.19. The Morgan fingerprint density at radius 3 is 3.00 bits per heavy atom. The van der Waals surface area contributed by atoms with Crippen molar-refractivity contribution in [3.63, 3.8) is 0 Å². The molecule has 1 aromatic rings. The number of aryl methyl sites for hydroxylation is 1. The van der Waals surface area contributed by atoms with E-state index in [4.69, 9.17) is 0 Å². The lowest BCUT2D eigenvalue weighted by Gasteiger charge is -2.36. The van der Waals surface area contributed by atoms with Crippen LogP contribution >= 0.6 is 11.8 Å². The zero-order chi connectivity index (χ0) is 16.4. The van der Waals surface area contributed by atoms with Gasteiger partial charge >= 0.3 is 0 Å². The molecule has 1 aromatic heterocycles. The van der Waals surface area contributed by atoms with E-state index in [1.54, 1.807) is 23.6 Å². The number of carbonyl (C=O) groups excluding carboxylic acids is 2. The van der Waals surface area contributed by atoms with Crippen LogP contribution in [0.4, 0.5) is 0 Å². The third-order valence-electron chi connectivity index (χ3n) is 4.74. The Bertz CT molecular complexity index is 588. The molecule has 0 N–H and O–H groups in total. The first-order chi connectivity index (χ1) is 11.1. The summed E-state index contributed by atoms with van der Waals surface area (Å²) in [6.07, 6.45) is 6.82. The maximum absolute atomic E-state index is 12.9. The number of piperidine rings is 1. The van der Waals surface area contributed by atoms with E-state index in [0.717, 1.165) is 38.2 Å². The second-order valence-corrected chi connectivity index (χ2v) is 7.19. The normalized spacial score (nSPS) is 25.0. The summed E-state index contributed by atoms with van der Waals surface area (Å²) in [7, 11) is 0. The Balaban J connectivity index is 1.71. The van der Waals surface area contributed by atoms with Gasteiger partial charge in [-0.1, -0.05) is 6.92 Å². The maximum Gasteiger partial charge on any atom is 0.246 e. The quantitative estimate of drug-likeness (QED) is 0.840. The fourth-order valence-electron chi connectivity index (χ4n) is 3.50. The molecule has 2 atom stereocenters. The average molecular weight is 336 g/mol. The average Bonchev–Trinajstić information content (AvgIpc) is 3.23. The molecule has 3 rings (SSSR count). The fourth-order valence-corrected chi connectivity index (χ4v) is 4.71. The first-order valence-electron chi connectivity index (χ1n) is 8.27. The Morgan fingerprint density at radius 2 is 2.26 bits per heavy atom. The second kappa shape index (κ2) is 6.95. The van der Waals surface area contributed by atoms with Gasteiger partial charge in [0.15, 0.2) is 0 Å². The highest BCUT2D eigenvalue weighted by Gasteiger charge is 2.37. The van der Waals surface area contributed by atoms with Crippen LogP contribution in [0.2, 0.25) is 0 Å². The Labute approximate surface area is 141 Å². The highest BCUT2D eigenvalue weighted by atomic mass is 32.2. The molecular formula is C16H24N4O2S. The SMILES string of the molecule is CCc1nccn1C1CCCN(C(=O)C2CSCN2C(C)=O)C1. The summed E-state index contributed by atoms with van der Waals surface area (Å²) >= 11 is 1.66. The summed E-state index contributed by atoms with van der Waals surface area (Å²) in [6.45, 7) is 5.16. The van der Waals surface area contributed by atoms with Crippen molar-refractivity contribution >= 4 is 23.6 Å². The number of hydrogen-bond donors (Lipinski definition) is 0. The summed E-state index contributed by atoms with van der Waals surface area (Å²) < 4.78 is 2.21. The van der Waals surface area contributed by atoms with Crippen molar-refractivity contribution in [2.24, 2.45) is 0 Å². The summed E-state index contributed by atoms with van der Waals surface area (Å²) in [5, 5.41) is 0. The number of carbonyl (C=O) groups is 2. The van der Waals surface area contributed by atoms with E-state index in [2.05, 4.69) is 16.5 Å². The van der Waals surface area contributed by atoms with Crippen molar-refractivity contribution in [2.75, 3.05) is 24.7 Å². The van der Waals surface area contributed by atoms with Gasteiger partial charge in [0.25, 0.3) is 0 Å². The van der Waals surface area contributed by atoms with Crippen LogP contribution in [0.25, 0.3) is 0 Å². The van der Waals surface area contributed by atoms with Crippen LogP contribution in [-0.2, 0) is 16.0 Å².